The molecule has 5 atom stereocenters. The number of methoxy groups -OCH3 is 1. The Morgan fingerprint density at radius 1 is 1.36 bits per heavy atom. The third-order valence-electron chi connectivity index (χ3n) is 2.41. The molecule has 0 aliphatic carbocycles. The van der Waals surface area contributed by atoms with Gasteiger partial charge in [0.15, 0.2) is 0 Å². The highest BCUT2D eigenvalue weighted by atomic mass is 16.7. The number of hydrogen-bond donors (Lipinski definition) is 3. The summed E-state index contributed by atoms with van der Waals surface area (Å²) in [5, 5.41) is 19.2. The Labute approximate surface area is 82.5 Å². The zero-order chi connectivity index (χ0) is 10.7. The van der Waals surface area contributed by atoms with Gasteiger partial charge in [-0.05, 0) is 6.92 Å². The molecule has 6 nitrogen and oxygen atoms in total. The average molecular weight is 207 g/mol. The van der Waals surface area contributed by atoms with E-state index in [1.54, 1.807) is 6.92 Å². The van der Waals surface area contributed by atoms with Gasteiger partial charge in [-0.25, -0.2) is 5.90 Å². The first kappa shape index (κ1) is 11.8. The lowest BCUT2D eigenvalue weighted by molar-refractivity contribution is -0.239. The van der Waals surface area contributed by atoms with E-state index >= 15 is 0 Å². The summed E-state index contributed by atoms with van der Waals surface area (Å²) in [6.45, 7) is 1.94. The molecule has 0 aromatic carbocycles. The molecule has 5 unspecified atom stereocenters. The Balaban J connectivity index is 2.62. The van der Waals surface area contributed by atoms with E-state index in [2.05, 4.69) is 4.84 Å². The molecular weight excluding hydrogens is 190 g/mol. The molecule has 0 bridgehead atoms. The standard InChI is InChI=1S/C8H17NO5/c1-4-8(14-9)7(11)6(10)5(13-4)3-12-2/h4-8,10-11H,3,9H2,1-2H3. The Morgan fingerprint density at radius 2 is 2.00 bits per heavy atom. The van der Waals surface area contributed by atoms with Gasteiger partial charge in [0, 0.05) is 7.11 Å². The van der Waals surface area contributed by atoms with E-state index in [1.165, 1.54) is 7.11 Å². The van der Waals surface area contributed by atoms with Crippen LogP contribution in [0, 0.1) is 0 Å². The van der Waals surface area contributed by atoms with E-state index in [0.29, 0.717) is 0 Å². The van der Waals surface area contributed by atoms with Crippen LogP contribution in [-0.2, 0) is 14.3 Å². The maximum atomic E-state index is 9.61. The van der Waals surface area contributed by atoms with Crippen LogP contribution in [0.15, 0.2) is 0 Å². The predicted octanol–water partition coefficient (Wildman–Crippen LogP) is -1.60. The summed E-state index contributed by atoms with van der Waals surface area (Å²) in [5.74, 6) is 4.98. The molecule has 1 fully saturated rings. The largest absolute Gasteiger partial charge is 0.387 e. The lowest BCUT2D eigenvalue weighted by atomic mass is 9.96. The van der Waals surface area contributed by atoms with Crippen molar-refractivity contribution in [3.05, 3.63) is 0 Å². The molecule has 14 heavy (non-hydrogen) atoms. The lowest BCUT2D eigenvalue weighted by Gasteiger charge is -2.40. The topological polar surface area (TPSA) is 94.2 Å². The van der Waals surface area contributed by atoms with Crippen LogP contribution >= 0.6 is 0 Å². The fourth-order valence-corrected chi connectivity index (χ4v) is 1.62. The summed E-state index contributed by atoms with van der Waals surface area (Å²) < 4.78 is 10.2. The van der Waals surface area contributed by atoms with Gasteiger partial charge in [0.25, 0.3) is 0 Å². The Bertz CT molecular complexity index is 177. The zero-order valence-electron chi connectivity index (χ0n) is 8.29. The fourth-order valence-electron chi connectivity index (χ4n) is 1.62. The van der Waals surface area contributed by atoms with Gasteiger partial charge in [-0.2, -0.15) is 0 Å². The first-order chi connectivity index (χ1) is 6.61. The summed E-state index contributed by atoms with van der Waals surface area (Å²) in [6.07, 6.45) is -3.73. The number of ether oxygens (including phenoxy) is 2. The minimum Gasteiger partial charge on any atom is -0.387 e. The van der Waals surface area contributed by atoms with E-state index in [1.807, 2.05) is 0 Å². The van der Waals surface area contributed by atoms with Crippen molar-refractivity contribution in [2.45, 2.75) is 37.4 Å². The fraction of sp³-hybridized carbons (Fsp3) is 1.00. The van der Waals surface area contributed by atoms with Crippen molar-refractivity contribution >= 4 is 0 Å². The molecule has 0 aromatic rings. The van der Waals surface area contributed by atoms with Crippen molar-refractivity contribution in [1.29, 1.82) is 0 Å². The third-order valence-corrected chi connectivity index (χ3v) is 2.41. The SMILES string of the molecule is COCC1OC(C)C(ON)C(O)C1O. The van der Waals surface area contributed by atoms with Crippen LogP contribution in [0.4, 0.5) is 0 Å². The summed E-state index contributed by atoms with van der Waals surface area (Å²) in [7, 11) is 1.50. The van der Waals surface area contributed by atoms with Crippen molar-refractivity contribution in [3.8, 4) is 0 Å². The smallest absolute Gasteiger partial charge is 0.133 e. The van der Waals surface area contributed by atoms with Crippen LogP contribution < -0.4 is 5.90 Å². The normalized spacial score (nSPS) is 43.9. The number of hydrogen-bond acceptors (Lipinski definition) is 6. The molecule has 1 rings (SSSR count). The molecule has 0 amide bonds. The zero-order valence-corrected chi connectivity index (χ0v) is 8.29. The van der Waals surface area contributed by atoms with Crippen LogP contribution in [0.25, 0.3) is 0 Å². The van der Waals surface area contributed by atoms with Crippen LogP contribution in [0.1, 0.15) is 6.92 Å². The van der Waals surface area contributed by atoms with Gasteiger partial charge < -0.3 is 19.7 Å². The van der Waals surface area contributed by atoms with Gasteiger partial charge in [-0.15, -0.1) is 0 Å². The maximum Gasteiger partial charge on any atom is 0.133 e. The average Bonchev–Trinajstić information content (AvgIpc) is 2.15. The third kappa shape index (κ3) is 2.22. The summed E-state index contributed by atoms with van der Waals surface area (Å²) in [6, 6.07) is 0. The molecule has 84 valence electrons. The van der Waals surface area contributed by atoms with Crippen molar-refractivity contribution in [1.82, 2.24) is 0 Å². The van der Waals surface area contributed by atoms with E-state index in [9.17, 15) is 10.2 Å². The second-order valence-corrected chi connectivity index (χ2v) is 3.42. The number of rotatable bonds is 3. The summed E-state index contributed by atoms with van der Waals surface area (Å²) in [4.78, 5) is 4.54. The molecule has 4 N–H and O–H groups in total. The second-order valence-electron chi connectivity index (χ2n) is 3.42. The highest BCUT2D eigenvalue weighted by Gasteiger charge is 2.43. The second kappa shape index (κ2) is 5.01. The summed E-state index contributed by atoms with van der Waals surface area (Å²) >= 11 is 0. The van der Waals surface area contributed by atoms with Crippen LogP contribution in [-0.4, -0.2) is 54.4 Å². The predicted molar refractivity (Wildman–Crippen MR) is 47.3 cm³/mol. The van der Waals surface area contributed by atoms with E-state index < -0.39 is 24.4 Å². The molecule has 1 aliphatic heterocycles. The van der Waals surface area contributed by atoms with Crippen LogP contribution in [0.2, 0.25) is 0 Å². The molecule has 0 saturated carbocycles. The van der Waals surface area contributed by atoms with E-state index in [0.717, 1.165) is 0 Å². The molecule has 1 aliphatic rings. The lowest BCUT2D eigenvalue weighted by Crippen LogP contribution is -2.59. The van der Waals surface area contributed by atoms with Crippen LogP contribution in [0.5, 0.6) is 0 Å². The van der Waals surface area contributed by atoms with Gasteiger partial charge in [-0.3, -0.25) is 4.84 Å². The number of nitrogens with two attached hydrogens (primary N) is 1. The molecular formula is C8H17NO5. The minimum absolute atomic E-state index is 0.222. The molecule has 0 aromatic heterocycles. The van der Waals surface area contributed by atoms with Gasteiger partial charge in [0.2, 0.25) is 0 Å². The van der Waals surface area contributed by atoms with Crippen LogP contribution in [0.3, 0.4) is 0 Å². The molecule has 0 spiro atoms. The van der Waals surface area contributed by atoms with Gasteiger partial charge in [-0.1, -0.05) is 0 Å². The molecule has 1 saturated heterocycles. The van der Waals surface area contributed by atoms with Crippen molar-refractivity contribution in [2.75, 3.05) is 13.7 Å². The molecule has 6 heteroatoms. The van der Waals surface area contributed by atoms with E-state index in [4.69, 9.17) is 15.4 Å². The summed E-state index contributed by atoms with van der Waals surface area (Å²) in [5.41, 5.74) is 0. The van der Waals surface area contributed by atoms with Gasteiger partial charge in [0.1, 0.15) is 24.4 Å². The first-order valence-electron chi connectivity index (χ1n) is 4.48. The van der Waals surface area contributed by atoms with Gasteiger partial charge in [0.05, 0.1) is 12.7 Å². The minimum atomic E-state index is -1.05. The maximum absolute atomic E-state index is 9.61. The van der Waals surface area contributed by atoms with E-state index in [-0.39, 0.29) is 12.7 Å². The number of aliphatic hydroxyl groups excluding tert-OH is 2. The van der Waals surface area contributed by atoms with Crippen molar-refractivity contribution in [3.63, 3.8) is 0 Å². The highest BCUT2D eigenvalue weighted by molar-refractivity contribution is 4.91. The Kier molecular flexibility index (Phi) is 4.24. The van der Waals surface area contributed by atoms with Gasteiger partial charge >= 0.3 is 0 Å². The first-order valence-corrected chi connectivity index (χ1v) is 4.48. The Hall–Kier alpha value is -0.240. The quantitative estimate of drug-likeness (QED) is 0.483. The number of aliphatic hydroxyl groups is 2. The molecule has 0 radical (unpaired) electrons. The van der Waals surface area contributed by atoms with Crippen molar-refractivity contribution < 1.29 is 24.5 Å². The highest BCUT2D eigenvalue weighted by Crippen LogP contribution is 2.22. The molecule has 1 heterocycles. The Morgan fingerprint density at radius 3 is 2.50 bits per heavy atom. The van der Waals surface area contributed by atoms with Crippen molar-refractivity contribution in [2.24, 2.45) is 5.90 Å². The monoisotopic (exact) mass is 207 g/mol.